The van der Waals surface area contributed by atoms with E-state index in [0.29, 0.717) is 0 Å². The molecule has 0 aromatic heterocycles. The van der Waals surface area contributed by atoms with Crippen LogP contribution in [0.1, 0.15) is 27.2 Å². The van der Waals surface area contributed by atoms with E-state index in [1.54, 1.807) is 0 Å². The van der Waals surface area contributed by atoms with Crippen molar-refractivity contribution >= 4 is 0 Å². The van der Waals surface area contributed by atoms with Gasteiger partial charge in [0, 0.05) is 0 Å². The summed E-state index contributed by atoms with van der Waals surface area (Å²) in [5.41, 5.74) is 0. The van der Waals surface area contributed by atoms with Gasteiger partial charge < -0.3 is 5.92 Å². The van der Waals surface area contributed by atoms with E-state index < -0.39 is 0 Å². The predicted octanol–water partition coefficient (Wildman–Crippen LogP) is -0.985. The maximum Gasteiger partial charge on any atom is 1.00 e. The minimum Gasteiger partial charge on any atom is -0.320 e. The molecule has 0 unspecified atom stereocenters. The maximum atomic E-state index is 2.16. The maximum absolute atomic E-state index is 2.16. The van der Waals surface area contributed by atoms with Gasteiger partial charge in [0.25, 0.3) is 0 Å². The Balaban J connectivity index is 0. The van der Waals surface area contributed by atoms with E-state index in [-0.39, 0.29) is 51.4 Å². The third-order valence-corrected chi connectivity index (χ3v) is 0.707. The monoisotopic (exact) mass is 110 g/mol. The summed E-state index contributed by atoms with van der Waals surface area (Å²) in [6.07, 6.45) is 1.22. The van der Waals surface area contributed by atoms with E-state index in [9.17, 15) is 0 Å². The van der Waals surface area contributed by atoms with Crippen LogP contribution in [0.4, 0.5) is 0 Å². The molecule has 0 bridgehead atoms. The Morgan fingerprint density at radius 3 is 1.50 bits per heavy atom. The summed E-state index contributed by atoms with van der Waals surface area (Å²) < 4.78 is 0. The van der Waals surface area contributed by atoms with Crippen LogP contribution in [0.25, 0.3) is 0 Å². The first-order chi connectivity index (χ1) is 2.27. The van der Waals surface area contributed by atoms with E-state index in [0.717, 1.165) is 0 Å². The van der Waals surface area contributed by atoms with Crippen molar-refractivity contribution < 1.29 is 51.4 Å². The van der Waals surface area contributed by atoms with Gasteiger partial charge in [-0.3, -0.25) is 0 Å². The number of hydrogen-bond donors (Lipinski definition) is 0. The van der Waals surface area contributed by atoms with Gasteiger partial charge in [-0.25, -0.2) is 0 Å². The zero-order valence-electron chi connectivity index (χ0n) is 5.21. The fourth-order valence-electron chi connectivity index (χ4n) is 0. The molecule has 0 aromatic rings. The molecule has 0 aliphatic heterocycles. The molecule has 1 heteroatoms. The van der Waals surface area contributed by atoms with Crippen molar-refractivity contribution in [3.05, 3.63) is 5.92 Å². The molecule has 0 aliphatic rings. The van der Waals surface area contributed by atoms with Crippen molar-refractivity contribution in [3.8, 4) is 0 Å². The molecule has 0 heterocycles. The molecule has 6 heavy (non-hydrogen) atoms. The minimum absolute atomic E-state index is 0. The van der Waals surface area contributed by atoms with Gasteiger partial charge in [-0.1, -0.05) is 6.92 Å². The van der Waals surface area contributed by atoms with Gasteiger partial charge in [-0.05, 0) is 0 Å². The minimum atomic E-state index is 0. The Morgan fingerprint density at radius 1 is 1.33 bits per heavy atom. The van der Waals surface area contributed by atoms with Crippen molar-refractivity contribution in [2.24, 2.45) is 0 Å². The van der Waals surface area contributed by atoms with Gasteiger partial charge in [0.05, 0.1) is 0 Å². The van der Waals surface area contributed by atoms with Crippen LogP contribution in [0.2, 0.25) is 0 Å². The van der Waals surface area contributed by atoms with Crippen LogP contribution in [0, 0.1) is 5.92 Å². The van der Waals surface area contributed by atoms with Crippen LogP contribution >= 0.6 is 0 Å². The summed E-state index contributed by atoms with van der Waals surface area (Å²) in [6, 6.07) is 0. The second-order valence-electron chi connectivity index (χ2n) is 1.56. The molecule has 0 N–H and O–H groups in total. The molecule has 0 aliphatic carbocycles. The first-order valence-electron chi connectivity index (χ1n) is 2.06. The Labute approximate surface area is 83.1 Å². The average molecular weight is 110 g/mol. The Morgan fingerprint density at radius 2 is 1.50 bits per heavy atom. The third-order valence-electron chi connectivity index (χ3n) is 0.707. The molecule has 0 nitrogen and oxygen atoms in total. The topological polar surface area (TPSA) is 0 Å². The zero-order valence-corrected chi connectivity index (χ0v) is 8.33. The molecule has 0 saturated carbocycles. The molecular weight excluding hydrogens is 99.2 g/mol. The fraction of sp³-hybridized carbons (Fsp3) is 0.800. The number of rotatable bonds is 1. The summed E-state index contributed by atoms with van der Waals surface area (Å²) >= 11 is 0. The smallest absolute Gasteiger partial charge is 0.320 e. The molecule has 0 rings (SSSR count). The van der Waals surface area contributed by atoms with Crippen LogP contribution in [-0.4, -0.2) is 0 Å². The molecule has 0 spiro atoms. The van der Waals surface area contributed by atoms with E-state index in [1.165, 1.54) is 12.3 Å². The Hall–Kier alpha value is 1.64. The summed E-state index contributed by atoms with van der Waals surface area (Å²) in [4.78, 5) is 0. The molecular formula is C5H11K. The average Bonchev–Trinajstić information content (AvgIpc) is 1.38. The largest absolute Gasteiger partial charge is 1.00 e. The van der Waals surface area contributed by atoms with Crippen molar-refractivity contribution in [2.45, 2.75) is 27.2 Å². The van der Waals surface area contributed by atoms with Crippen LogP contribution in [-0.2, 0) is 0 Å². The van der Waals surface area contributed by atoms with Gasteiger partial charge >= 0.3 is 51.4 Å². The summed E-state index contributed by atoms with van der Waals surface area (Å²) in [6.45, 7) is 6.44. The molecule has 32 valence electrons. The standard InChI is InChI=1S/C5H11.K/c1-4-5(2)3;/h4H2,1-3H3;/q-1;+1. The van der Waals surface area contributed by atoms with Crippen molar-refractivity contribution in [1.82, 2.24) is 0 Å². The summed E-state index contributed by atoms with van der Waals surface area (Å²) in [7, 11) is 0. The van der Waals surface area contributed by atoms with Crippen molar-refractivity contribution in [1.29, 1.82) is 0 Å². The van der Waals surface area contributed by atoms with Crippen LogP contribution in [0.5, 0.6) is 0 Å². The fourth-order valence-corrected chi connectivity index (χ4v) is 0. The van der Waals surface area contributed by atoms with Crippen LogP contribution < -0.4 is 51.4 Å². The van der Waals surface area contributed by atoms with Crippen LogP contribution in [0.3, 0.4) is 0 Å². The Bertz CT molecular complexity index is 17.9. The van der Waals surface area contributed by atoms with Crippen molar-refractivity contribution in [3.63, 3.8) is 0 Å². The zero-order chi connectivity index (χ0) is 4.28. The van der Waals surface area contributed by atoms with Gasteiger partial charge in [0.2, 0.25) is 0 Å². The van der Waals surface area contributed by atoms with Crippen molar-refractivity contribution in [2.75, 3.05) is 0 Å². The first kappa shape index (κ1) is 10.6. The molecule has 0 amide bonds. The molecule has 0 atom stereocenters. The first-order valence-corrected chi connectivity index (χ1v) is 2.06. The molecule has 0 aromatic carbocycles. The van der Waals surface area contributed by atoms with Gasteiger partial charge in [-0.2, -0.15) is 20.3 Å². The Kier molecular flexibility index (Phi) is 11.7. The quantitative estimate of drug-likeness (QED) is 0.300. The van der Waals surface area contributed by atoms with E-state index in [1.807, 2.05) is 0 Å². The molecule has 0 saturated heterocycles. The van der Waals surface area contributed by atoms with Gasteiger partial charge in [0.15, 0.2) is 0 Å². The second-order valence-corrected chi connectivity index (χ2v) is 1.56. The van der Waals surface area contributed by atoms with Crippen LogP contribution in [0.15, 0.2) is 0 Å². The normalized spacial score (nSPS) is 8.00. The summed E-state index contributed by atoms with van der Waals surface area (Å²) in [5.74, 6) is 1.50. The second kappa shape index (κ2) is 6.64. The molecule has 0 fully saturated rings. The van der Waals surface area contributed by atoms with Gasteiger partial charge in [0.1, 0.15) is 0 Å². The predicted molar refractivity (Wildman–Crippen MR) is 24.9 cm³/mol. The number of hydrogen-bond acceptors (Lipinski definition) is 0. The SMILES string of the molecule is CC[C-](C)C.[K+]. The van der Waals surface area contributed by atoms with E-state index >= 15 is 0 Å². The molecule has 0 radical (unpaired) electrons. The third kappa shape index (κ3) is 9.16. The van der Waals surface area contributed by atoms with E-state index in [2.05, 4.69) is 20.8 Å². The van der Waals surface area contributed by atoms with E-state index in [4.69, 9.17) is 0 Å². The van der Waals surface area contributed by atoms with Gasteiger partial charge in [-0.15, -0.1) is 0 Å². The summed E-state index contributed by atoms with van der Waals surface area (Å²) in [5, 5.41) is 0.